The number of aliphatic hydroxyl groups is 1. The highest BCUT2D eigenvalue weighted by Gasteiger charge is 2.06. The highest BCUT2D eigenvalue weighted by molar-refractivity contribution is 14.1. The quantitative estimate of drug-likeness (QED) is 0.705. The average Bonchev–Trinajstić information content (AvgIpc) is 2.81. The molecule has 0 saturated carbocycles. The third kappa shape index (κ3) is 2.50. The number of fused-ring (bicyclic) bond motifs is 1. The number of benzene rings is 1. The Hall–Kier alpha value is -1.40. The van der Waals surface area contributed by atoms with Gasteiger partial charge < -0.3 is 9.51 Å². The van der Waals surface area contributed by atoms with Gasteiger partial charge in [-0.3, -0.25) is 0 Å². The molecule has 0 saturated heterocycles. The van der Waals surface area contributed by atoms with Crippen molar-refractivity contribution in [1.82, 2.24) is 9.38 Å². The van der Waals surface area contributed by atoms with E-state index < -0.39 is 6.10 Å². The Morgan fingerprint density at radius 2 is 1.84 bits per heavy atom. The van der Waals surface area contributed by atoms with Gasteiger partial charge in [0, 0.05) is 21.5 Å². The van der Waals surface area contributed by atoms with Crippen molar-refractivity contribution >= 4 is 28.2 Å². The van der Waals surface area contributed by atoms with Gasteiger partial charge in [0.2, 0.25) is 0 Å². The molecule has 0 radical (unpaired) electrons. The Morgan fingerprint density at radius 3 is 2.53 bits per heavy atom. The number of aromatic nitrogens is 2. The molecule has 3 rings (SSSR count). The molecular formula is C15H13IN2O. The van der Waals surface area contributed by atoms with Gasteiger partial charge in [-0.15, -0.1) is 0 Å². The molecule has 3 aromatic rings. The fraction of sp³-hybridized carbons (Fsp3) is 0.133. The smallest absolute Gasteiger partial charge is 0.137 e. The van der Waals surface area contributed by atoms with Crippen molar-refractivity contribution in [2.45, 2.75) is 13.0 Å². The maximum absolute atomic E-state index is 9.51. The van der Waals surface area contributed by atoms with Gasteiger partial charge in [-0.05, 0) is 47.2 Å². The number of hydrogen-bond acceptors (Lipinski definition) is 2. The second-order valence-corrected chi connectivity index (χ2v) is 5.78. The highest BCUT2D eigenvalue weighted by atomic mass is 127. The maximum atomic E-state index is 9.51. The second-order valence-electron chi connectivity index (χ2n) is 4.54. The molecule has 19 heavy (non-hydrogen) atoms. The largest absolute Gasteiger partial charge is 0.389 e. The van der Waals surface area contributed by atoms with Crippen molar-refractivity contribution in [3.63, 3.8) is 0 Å². The fourth-order valence-electron chi connectivity index (χ4n) is 2.04. The number of imidazole rings is 1. The number of halogens is 1. The molecule has 0 aliphatic carbocycles. The van der Waals surface area contributed by atoms with Gasteiger partial charge in [-0.1, -0.05) is 24.3 Å². The zero-order chi connectivity index (χ0) is 13.4. The fourth-order valence-corrected chi connectivity index (χ4v) is 2.52. The van der Waals surface area contributed by atoms with Crippen molar-refractivity contribution in [2.24, 2.45) is 0 Å². The van der Waals surface area contributed by atoms with Crippen LogP contribution >= 0.6 is 22.6 Å². The molecule has 1 aromatic carbocycles. The predicted octanol–water partition coefficient (Wildman–Crippen LogP) is 3.66. The maximum Gasteiger partial charge on any atom is 0.137 e. The molecule has 1 N–H and O–H groups in total. The summed E-state index contributed by atoms with van der Waals surface area (Å²) in [7, 11) is 0. The Kier molecular flexibility index (Phi) is 3.28. The number of rotatable bonds is 2. The molecular weight excluding hydrogens is 351 g/mol. The van der Waals surface area contributed by atoms with Crippen molar-refractivity contribution < 1.29 is 5.11 Å². The van der Waals surface area contributed by atoms with Crippen LogP contribution in [0.25, 0.3) is 16.9 Å². The molecule has 0 aliphatic heterocycles. The first-order valence-electron chi connectivity index (χ1n) is 6.06. The summed E-state index contributed by atoms with van der Waals surface area (Å²) in [6, 6.07) is 11.9. The van der Waals surface area contributed by atoms with Crippen molar-refractivity contribution in [3.8, 4) is 11.3 Å². The summed E-state index contributed by atoms with van der Waals surface area (Å²) in [6.07, 6.45) is 3.64. The Balaban J connectivity index is 2.03. The van der Waals surface area contributed by atoms with Crippen LogP contribution in [0.1, 0.15) is 18.6 Å². The van der Waals surface area contributed by atoms with Gasteiger partial charge in [0.15, 0.2) is 0 Å². The van der Waals surface area contributed by atoms with E-state index >= 15 is 0 Å². The molecule has 3 nitrogen and oxygen atoms in total. The molecule has 0 fully saturated rings. The Morgan fingerprint density at radius 1 is 1.11 bits per heavy atom. The molecule has 0 spiro atoms. The summed E-state index contributed by atoms with van der Waals surface area (Å²) in [5, 5.41) is 9.51. The van der Waals surface area contributed by atoms with Crippen LogP contribution in [0, 0.1) is 3.57 Å². The van der Waals surface area contributed by atoms with Crippen molar-refractivity contribution in [2.75, 3.05) is 0 Å². The third-order valence-corrected chi connectivity index (χ3v) is 3.74. The van der Waals surface area contributed by atoms with Crippen molar-refractivity contribution in [1.29, 1.82) is 0 Å². The monoisotopic (exact) mass is 364 g/mol. The first kappa shape index (κ1) is 12.6. The van der Waals surface area contributed by atoms with E-state index in [4.69, 9.17) is 0 Å². The number of pyridine rings is 1. The third-order valence-electron chi connectivity index (χ3n) is 3.10. The molecule has 0 aliphatic rings. The number of nitrogens with zero attached hydrogens (tertiary/aromatic N) is 2. The minimum Gasteiger partial charge on any atom is -0.389 e. The summed E-state index contributed by atoms with van der Waals surface area (Å²) < 4.78 is 3.21. The minimum absolute atomic E-state index is 0.434. The molecule has 96 valence electrons. The predicted molar refractivity (Wildman–Crippen MR) is 84.0 cm³/mol. The van der Waals surface area contributed by atoms with E-state index in [9.17, 15) is 5.11 Å². The van der Waals surface area contributed by atoms with Crippen LogP contribution in [0.5, 0.6) is 0 Å². The summed E-state index contributed by atoms with van der Waals surface area (Å²) in [5.74, 6) is 0. The van der Waals surface area contributed by atoms with Gasteiger partial charge in [-0.25, -0.2) is 4.98 Å². The van der Waals surface area contributed by atoms with E-state index in [1.807, 2.05) is 47.0 Å². The summed E-state index contributed by atoms with van der Waals surface area (Å²) in [6.45, 7) is 1.77. The van der Waals surface area contributed by atoms with Crippen LogP contribution in [-0.4, -0.2) is 14.5 Å². The van der Waals surface area contributed by atoms with Crippen LogP contribution in [0.15, 0.2) is 48.8 Å². The van der Waals surface area contributed by atoms with E-state index in [-0.39, 0.29) is 0 Å². The van der Waals surface area contributed by atoms with E-state index in [0.717, 1.165) is 22.5 Å². The molecule has 0 amide bonds. The zero-order valence-electron chi connectivity index (χ0n) is 10.4. The van der Waals surface area contributed by atoms with E-state index in [2.05, 4.69) is 33.8 Å². The molecule has 1 unspecified atom stereocenters. The average molecular weight is 364 g/mol. The molecule has 1 atom stereocenters. The summed E-state index contributed by atoms with van der Waals surface area (Å²) in [5.41, 5.74) is 3.86. The molecule has 2 aromatic heterocycles. The lowest BCUT2D eigenvalue weighted by molar-refractivity contribution is 0.199. The lowest BCUT2D eigenvalue weighted by Crippen LogP contribution is -1.89. The van der Waals surface area contributed by atoms with Crippen LogP contribution in [0.2, 0.25) is 0 Å². The zero-order valence-corrected chi connectivity index (χ0v) is 12.6. The number of hydrogen-bond donors (Lipinski definition) is 1. The normalized spacial score (nSPS) is 12.8. The van der Waals surface area contributed by atoms with Crippen LogP contribution in [0.4, 0.5) is 0 Å². The Bertz CT molecular complexity index is 717. The molecule has 0 bridgehead atoms. The summed E-state index contributed by atoms with van der Waals surface area (Å²) >= 11 is 2.29. The van der Waals surface area contributed by atoms with Gasteiger partial charge in [0.05, 0.1) is 11.8 Å². The van der Waals surface area contributed by atoms with Crippen LogP contribution in [0.3, 0.4) is 0 Å². The van der Waals surface area contributed by atoms with Crippen molar-refractivity contribution in [3.05, 3.63) is 57.9 Å². The SMILES string of the molecule is CC(O)c1ccc(-c2cn3cc(I)ccc3n2)cc1. The second kappa shape index (κ2) is 4.94. The van der Waals surface area contributed by atoms with Gasteiger partial charge >= 0.3 is 0 Å². The van der Waals surface area contributed by atoms with Crippen LogP contribution in [-0.2, 0) is 0 Å². The topological polar surface area (TPSA) is 37.5 Å². The van der Waals surface area contributed by atoms with E-state index in [1.54, 1.807) is 6.92 Å². The summed E-state index contributed by atoms with van der Waals surface area (Å²) in [4.78, 5) is 4.60. The highest BCUT2D eigenvalue weighted by Crippen LogP contribution is 2.22. The minimum atomic E-state index is -0.434. The Labute approximate surface area is 125 Å². The first-order chi connectivity index (χ1) is 9.13. The standard InChI is InChI=1S/C15H13IN2O/c1-10(19)11-2-4-12(5-3-11)14-9-18-8-13(16)6-7-15(18)17-14/h2-10,19H,1H3. The number of aliphatic hydroxyl groups excluding tert-OH is 1. The lowest BCUT2D eigenvalue weighted by atomic mass is 10.1. The molecule has 2 heterocycles. The van der Waals surface area contributed by atoms with E-state index in [0.29, 0.717) is 0 Å². The lowest BCUT2D eigenvalue weighted by Gasteiger charge is -2.04. The van der Waals surface area contributed by atoms with Crippen LogP contribution < -0.4 is 0 Å². The van der Waals surface area contributed by atoms with Gasteiger partial charge in [0.1, 0.15) is 5.65 Å². The van der Waals surface area contributed by atoms with E-state index in [1.165, 1.54) is 3.57 Å². The van der Waals surface area contributed by atoms with Gasteiger partial charge in [0.25, 0.3) is 0 Å². The first-order valence-corrected chi connectivity index (χ1v) is 7.14. The van der Waals surface area contributed by atoms with Gasteiger partial charge in [-0.2, -0.15) is 0 Å². The molecule has 4 heteroatoms.